The van der Waals surface area contributed by atoms with E-state index < -0.39 is 0 Å². The lowest BCUT2D eigenvalue weighted by molar-refractivity contribution is -0.151. The first kappa shape index (κ1) is 19.9. The summed E-state index contributed by atoms with van der Waals surface area (Å²) < 4.78 is 3.80. The average Bonchev–Trinajstić information content (AvgIpc) is 3.51. The summed E-state index contributed by atoms with van der Waals surface area (Å²) in [6.45, 7) is 1.73. The molecule has 3 fully saturated rings. The fourth-order valence-electron chi connectivity index (χ4n) is 6.34. The van der Waals surface area contributed by atoms with Crippen molar-refractivity contribution in [3.8, 4) is 0 Å². The maximum absolute atomic E-state index is 13.4. The zero-order valence-corrected chi connectivity index (χ0v) is 18.3. The molecular weight excluding hydrogens is 408 g/mol. The second-order valence-electron chi connectivity index (χ2n) is 10.1. The monoisotopic (exact) mass is 438 g/mol. The van der Waals surface area contributed by atoms with Crippen LogP contribution in [0.2, 0.25) is 0 Å². The van der Waals surface area contributed by atoms with E-state index in [9.17, 15) is 9.59 Å². The fourth-order valence-corrected chi connectivity index (χ4v) is 6.34. The molecule has 7 rings (SSSR count). The lowest BCUT2D eigenvalue weighted by Crippen LogP contribution is -2.55. The predicted molar refractivity (Wildman–Crippen MR) is 113 cm³/mol. The topological polar surface area (TPSA) is 120 Å². The van der Waals surface area contributed by atoms with Crippen molar-refractivity contribution in [2.45, 2.75) is 89.4 Å². The molecule has 2 unspecified atom stereocenters. The van der Waals surface area contributed by atoms with Gasteiger partial charge in [-0.3, -0.25) is 9.59 Å². The van der Waals surface area contributed by atoms with Gasteiger partial charge < -0.3 is 10.6 Å². The number of carbonyl (C=O) groups excluding carboxylic acids is 2. The number of nitrogens with one attached hydrogen (secondary N) is 2. The molecule has 2 N–H and O–H groups in total. The Morgan fingerprint density at radius 1 is 0.750 bits per heavy atom. The third kappa shape index (κ3) is 3.06. The van der Waals surface area contributed by atoms with Gasteiger partial charge in [0.15, 0.2) is 0 Å². The summed E-state index contributed by atoms with van der Waals surface area (Å²) in [6, 6.07) is -0.123. The lowest BCUT2D eigenvalue weighted by Gasteiger charge is -2.52. The molecule has 2 aromatic heterocycles. The standard InChI is InChI=1S/C22H30N8O2/c31-19(27-15-3-1-11-29-17(15)23-13-25-29)21-5-8-22(9-6-21,10-7-21)20(32)28-16-4-2-12-30-18(16)24-14-26-30/h13-16H,1-12H2,(H,27,31)(H,28,32). The Hall–Kier alpha value is -2.78. The van der Waals surface area contributed by atoms with Crippen molar-refractivity contribution in [3.05, 3.63) is 24.3 Å². The van der Waals surface area contributed by atoms with Crippen molar-refractivity contribution in [1.29, 1.82) is 0 Å². The molecule has 2 amide bonds. The third-order valence-electron chi connectivity index (χ3n) is 8.46. The quantitative estimate of drug-likeness (QED) is 0.751. The zero-order chi connectivity index (χ0) is 21.8. The van der Waals surface area contributed by atoms with E-state index in [4.69, 9.17) is 0 Å². The highest BCUT2D eigenvalue weighted by Crippen LogP contribution is 2.57. The highest BCUT2D eigenvalue weighted by molar-refractivity contribution is 5.87. The number of carbonyl (C=O) groups is 2. The summed E-state index contributed by atoms with van der Waals surface area (Å²) in [4.78, 5) is 35.5. The Morgan fingerprint density at radius 3 is 1.56 bits per heavy atom. The highest BCUT2D eigenvalue weighted by Gasteiger charge is 2.56. The Balaban J connectivity index is 1.11. The van der Waals surface area contributed by atoms with Crippen molar-refractivity contribution in [3.63, 3.8) is 0 Å². The first-order valence-corrected chi connectivity index (χ1v) is 12.0. The van der Waals surface area contributed by atoms with Gasteiger partial charge in [0.2, 0.25) is 11.8 Å². The zero-order valence-electron chi connectivity index (χ0n) is 18.3. The Labute approximate surface area is 186 Å². The summed E-state index contributed by atoms with van der Waals surface area (Å²) in [6.07, 6.45) is 11.6. The molecule has 2 bridgehead atoms. The van der Waals surface area contributed by atoms with Crippen LogP contribution < -0.4 is 10.6 Å². The molecule has 10 nitrogen and oxygen atoms in total. The maximum Gasteiger partial charge on any atom is 0.226 e. The van der Waals surface area contributed by atoms with E-state index in [-0.39, 0.29) is 34.7 Å². The van der Waals surface area contributed by atoms with Gasteiger partial charge in [-0.15, -0.1) is 0 Å². The SMILES string of the molecule is O=C(NC1CCCn2ncnc21)C12CCC(C(=O)NC3CCCn4ncnc43)(CC1)CC2. The molecule has 10 heteroatoms. The van der Waals surface area contributed by atoms with Crippen LogP contribution in [0.3, 0.4) is 0 Å². The lowest BCUT2D eigenvalue weighted by atomic mass is 9.53. The van der Waals surface area contributed by atoms with Gasteiger partial charge in [-0.25, -0.2) is 19.3 Å². The molecule has 3 saturated carbocycles. The smallest absolute Gasteiger partial charge is 0.226 e. The molecule has 0 spiro atoms. The third-order valence-corrected chi connectivity index (χ3v) is 8.46. The number of hydrogen-bond donors (Lipinski definition) is 2. The molecular formula is C22H30N8O2. The van der Waals surface area contributed by atoms with E-state index in [2.05, 4.69) is 30.8 Å². The van der Waals surface area contributed by atoms with Crippen LogP contribution in [0.1, 0.15) is 87.9 Å². The molecule has 2 atom stereocenters. The molecule has 3 aliphatic carbocycles. The van der Waals surface area contributed by atoms with Crippen molar-refractivity contribution in [2.24, 2.45) is 10.8 Å². The Morgan fingerprint density at radius 2 is 1.16 bits per heavy atom. The van der Waals surface area contributed by atoms with Crippen LogP contribution in [-0.2, 0) is 22.7 Å². The van der Waals surface area contributed by atoms with Crippen LogP contribution in [0.4, 0.5) is 0 Å². The van der Waals surface area contributed by atoms with E-state index in [1.54, 1.807) is 12.7 Å². The van der Waals surface area contributed by atoms with Gasteiger partial charge in [0.05, 0.1) is 12.1 Å². The summed E-state index contributed by atoms with van der Waals surface area (Å²) >= 11 is 0. The number of rotatable bonds is 4. The summed E-state index contributed by atoms with van der Waals surface area (Å²) in [5.41, 5.74) is -0.704. The molecule has 2 aromatic rings. The first-order chi connectivity index (χ1) is 15.6. The van der Waals surface area contributed by atoms with E-state index in [0.29, 0.717) is 0 Å². The summed E-state index contributed by atoms with van der Waals surface area (Å²) in [5.74, 6) is 1.99. The fraction of sp³-hybridized carbons (Fsp3) is 0.727. The van der Waals surface area contributed by atoms with Crippen LogP contribution in [0, 0.1) is 10.8 Å². The second-order valence-corrected chi connectivity index (χ2v) is 10.1. The first-order valence-electron chi connectivity index (χ1n) is 12.0. The minimum Gasteiger partial charge on any atom is -0.346 e. The molecule has 0 aromatic carbocycles. The minimum atomic E-state index is -0.352. The Bertz CT molecular complexity index is 936. The summed E-state index contributed by atoms with van der Waals surface area (Å²) in [5, 5.41) is 15.1. The van der Waals surface area contributed by atoms with Gasteiger partial charge in [0.1, 0.15) is 24.3 Å². The van der Waals surface area contributed by atoms with Crippen molar-refractivity contribution < 1.29 is 9.59 Å². The van der Waals surface area contributed by atoms with Crippen molar-refractivity contribution in [1.82, 2.24) is 40.2 Å². The van der Waals surface area contributed by atoms with Gasteiger partial charge in [-0.2, -0.15) is 10.2 Å². The van der Waals surface area contributed by atoms with Gasteiger partial charge in [0, 0.05) is 23.9 Å². The van der Waals surface area contributed by atoms with Crippen LogP contribution in [-0.4, -0.2) is 41.3 Å². The molecule has 2 aliphatic heterocycles. The Kier molecular flexibility index (Phi) is 4.58. The van der Waals surface area contributed by atoms with E-state index in [0.717, 1.165) is 88.9 Å². The number of aromatic nitrogens is 6. The largest absolute Gasteiger partial charge is 0.346 e. The normalized spacial score (nSPS) is 33.2. The number of amides is 2. The van der Waals surface area contributed by atoms with Crippen LogP contribution in [0.15, 0.2) is 12.7 Å². The van der Waals surface area contributed by atoms with Crippen LogP contribution in [0.5, 0.6) is 0 Å². The van der Waals surface area contributed by atoms with Crippen molar-refractivity contribution in [2.75, 3.05) is 0 Å². The van der Waals surface area contributed by atoms with Crippen LogP contribution in [0.25, 0.3) is 0 Å². The predicted octanol–water partition coefficient (Wildman–Crippen LogP) is 1.81. The van der Waals surface area contributed by atoms with E-state index in [1.165, 1.54) is 0 Å². The molecule has 4 heterocycles. The van der Waals surface area contributed by atoms with Crippen LogP contribution >= 0.6 is 0 Å². The van der Waals surface area contributed by atoms with Gasteiger partial charge >= 0.3 is 0 Å². The number of nitrogens with zero attached hydrogens (tertiary/aromatic N) is 6. The maximum atomic E-state index is 13.4. The number of fused-ring (bicyclic) bond motifs is 5. The molecule has 170 valence electrons. The minimum absolute atomic E-state index is 0.0614. The number of hydrogen-bond acceptors (Lipinski definition) is 6. The highest BCUT2D eigenvalue weighted by atomic mass is 16.2. The van der Waals surface area contributed by atoms with Gasteiger partial charge in [-0.1, -0.05) is 0 Å². The summed E-state index contributed by atoms with van der Waals surface area (Å²) in [7, 11) is 0. The molecule has 0 radical (unpaired) electrons. The molecule has 5 aliphatic rings. The van der Waals surface area contributed by atoms with Gasteiger partial charge in [-0.05, 0) is 64.2 Å². The van der Waals surface area contributed by atoms with E-state index in [1.807, 2.05) is 9.36 Å². The second kappa shape index (κ2) is 7.38. The number of aryl methyl sites for hydroxylation is 2. The van der Waals surface area contributed by atoms with E-state index >= 15 is 0 Å². The van der Waals surface area contributed by atoms with Gasteiger partial charge in [0.25, 0.3) is 0 Å². The molecule has 32 heavy (non-hydrogen) atoms. The van der Waals surface area contributed by atoms with Crippen molar-refractivity contribution >= 4 is 11.8 Å². The average molecular weight is 439 g/mol. The molecule has 0 saturated heterocycles.